The minimum atomic E-state index is -0.464. The third-order valence-electron chi connectivity index (χ3n) is 3.51. The summed E-state index contributed by atoms with van der Waals surface area (Å²) >= 11 is 3.44. The van der Waals surface area contributed by atoms with Gasteiger partial charge in [0.25, 0.3) is 0 Å². The van der Waals surface area contributed by atoms with Crippen LogP contribution < -0.4 is 9.47 Å². The number of halogens is 1. The van der Waals surface area contributed by atoms with Crippen molar-refractivity contribution in [3.8, 4) is 11.5 Å². The first-order valence-corrected chi connectivity index (χ1v) is 8.56. The first-order valence-electron chi connectivity index (χ1n) is 7.76. The maximum atomic E-state index is 12.1. The Labute approximate surface area is 146 Å². The predicted molar refractivity (Wildman–Crippen MR) is 92.2 cm³/mol. The van der Waals surface area contributed by atoms with Crippen molar-refractivity contribution in [2.24, 2.45) is 0 Å². The Bertz CT molecular complexity index is 548. The fourth-order valence-corrected chi connectivity index (χ4v) is 2.74. The van der Waals surface area contributed by atoms with Crippen LogP contribution in [0.25, 0.3) is 0 Å². The molecule has 1 aromatic rings. The van der Waals surface area contributed by atoms with E-state index in [2.05, 4.69) is 15.9 Å². The van der Waals surface area contributed by atoms with E-state index >= 15 is 0 Å². The molecule has 0 unspecified atom stereocenters. The van der Waals surface area contributed by atoms with Crippen LogP contribution in [0.1, 0.15) is 33.6 Å². The van der Waals surface area contributed by atoms with Crippen molar-refractivity contribution in [2.45, 2.75) is 45.3 Å². The van der Waals surface area contributed by atoms with Crippen LogP contribution in [0.3, 0.4) is 0 Å². The summed E-state index contributed by atoms with van der Waals surface area (Å²) in [5.74, 6) is 1.43. The first kappa shape index (κ1) is 17.9. The second-order valence-electron chi connectivity index (χ2n) is 6.58. The lowest BCUT2D eigenvalue weighted by Gasteiger charge is -2.33. The van der Waals surface area contributed by atoms with E-state index in [4.69, 9.17) is 14.2 Å². The van der Waals surface area contributed by atoms with Crippen molar-refractivity contribution in [1.29, 1.82) is 0 Å². The number of methoxy groups -OCH3 is 1. The molecule has 1 amide bonds. The van der Waals surface area contributed by atoms with Gasteiger partial charge in [-0.2, -0.15) is 0 Å². The molecular weight excluding hydrogens is 362 g/mol. The van der Waals surface area contributed by atoms with Crippen molar-refractivity contribution in [3.05, 3.63) is 22.7 Å². The van der Waals surface area contributed by atoms with Gasteiger partial charge in [-0.15, -0.1) is 0 Å². The molecule has 0 atom stereocenters. The van der Waals surface area contributed by atoms with Gasteiger partial charge in [-0.3, -0.25) is 0 Å². The quantitative estimate of drug-likeness (QED) is 0.780. The average molecular weight is 386 g/mol. The molecular formula is C17H24BrNO4. The molecule has 0 bridgehead atoms. The van der Waals surface area contributed by atoms with E-state index in [-0.39, 0.29) is 12.2 Å². The third kappa shape index (κ3) is 5.30. The fraction of sp³-hybridized carbons (Fsp3) is 0.588. The van der Waals surface area contributed by atoms with E-state index in [0.29, 0.717) is 18.8 Å². The van der Waals surface area contributed by atoms with Gasteiger partial charge in [0.1, 0.15) is 11.7 Å². The molecule has 1 heterocycles. The third-order valence-corrected chi connectivity index (χ3v) is 4.01. The molecule has 0 saturated carbocycles. The summed E-state index contributed by atoms with van der Waals surface area (Å²) in [6.07, 6.45) is 1.36. The highest BCUT2D eigenvalue weighted by molar-refractivity contribution is 9.10. The van der Waals surface area contributed by atoms with Gasteiger partial charge in [0.05, 0.1) is 7.11 Å². The van der Waals surface area contributed by atoms with Gasteiger partial charge in [-0.05, 0) is 39.0 Å². The largest absolute Gasteiger partial charge is 0.493 e. The maximum Gasteiger partial charge on any atom is 0.410 e. The lowest BCUT2D eigenvalue weighted by molar-refractivity contribution is 0.0124. The van der Waals surface area contributed by atoms with E-state index in [1.54, 1.807) is 12.0 Å². The second kappa shape index (κ2) is 7.43. The fourth-order valence-electron chi connectivity index (χ4n) is 2.40. The van der Waals surface area contributed by atoms with Crippen LogP contribution in [0.4, 0.5) is 4.79 Å². The number of piperidine rings is 1. The van der Waals surface area contributed by atoms with E-state index in [0.717, 1.165) is 23.1 Å². The zero-order valence-corrected chi connectivity index (χ0v) is 15.7. The van der Waals surface area contributed by atoms with Crippen LogP contribution in [-0.2, 0) is 4.74 Å². The van der Waals surface area contributed by atoms with Gasteiger partial charge >= 0.3 is 6.09 Å². The molecule has 5 nitrogen and oxygen atoms in total. The lowest BCUT2D eigenvalue weighted by atomic mass is 10.1. The molecule has 0 aromatic heterocycles. The highest BCUT2D eigenvalue weighted by atomic mass is 79.9. The van der Waals surface area contributed by atoms with Gasteiger partial charge < -0.3 is 19.1 Å². The maximum absolute atomic E-state index is 12.1. The molecule has 1 aliphatic rings. The van der Waals surface area contributed by atoms with Crippen LogP contribution >= 0.6 is 15.9 Å². The van der Waals surface area contributed by atoms with E-state index < -0.39 is 5.60 Å². The Balaban J connectivity index is 1.90. The van der Waals surface area contributed by atoms with E-state index in [9.17, 15) is 4.79 Å². The zero-order chi connectivity index (χ0) is 17.0. The number of hydrogen-bond donors (Lipinski definition) is 0. The van der Waals surface area contributed by atoms with Crippen molar-refractivity contribution in [1.82, 2.24) is 4.90 Å². The van der Waals surface area contributed by atoms with E-state index in [1.807, 2.05) is 39.0 Å². The van der Waals surface area contributed by atoms with Crippen LogP contribution in [0, 0.1) is 0 Å². The Morgan fingerprint density at radius 2 is 1.87 bits per heavy atom. The molecule has 128 valence electrons. The molecule has 6 heteroatoms. The predicted octanol–water partition coefficient (Wildman–Crippen LogP) is 4.24. The molecule has 23 heavy (non-hydrogen) atoms. The Morgan fingerprint density at radius 1 is 1.22 bits per heavy atom. The van der Waals surface area contributed by atoms with Gasteiger partial charge in [0, 0.05) is 30.4 Å². The molecule has 0 radical (unpaired) electrons. The number of benzene rings is 1. The van der Waals surface area contributed by atoms with Crippen molar-refractivity contribution in [3.63, 3.8) is 0 Å². The lowest BCUT2D eigenvalue weighted by Crippen LogP contribution is -2.44. The molecule has 1 aliphatic heterocycles. The van der Waals surface area contributed by atoms with Crippen LogP contribution in [0.15, 0.2) is 22.7 Å². The summed E-state index contributed by atoms with van der Waals surface area (Å²) in [6.45, 7) is 6.90. The summed E-state index contributed by atoms with van der Waals surface area (Å²) < 4.78 is 17.7. The van der Waals surface area contributed by atoms with Gasteiger partial charge in [0.15, 0.2) is 11.5 Å². The van der Waals surface area contributed by atoms with Crippen LogP contribution in [0.5, 0.6) is 11.5 Å². The molecule has 1 aromatic carbocycles. The SMILES string of the molecule is COc1ccc(Br)cc1OC1CCN(C(=O)OC(C)(C)C)CC1. The topological polar surface area (TPSA) is 48.0 Å². The Kier molecular flexibility index (Phi) is 5.79. The minimum absolute atomic E-state index is 0.0666. The molecule has 0 N–H and O–H groups in total. The number of nitrogens with zero attached hydrogens (tertiary/aromatic N) is 1. The summed E-state index contributed by atoms with van der Waals surface area (Å²) in [5.41, 5.74) is -0.464. The number of rotatable bonds is 3. The normalized spacial score (nSPS) is 16.1. The Morgan fingerprint density at radius 3 is 2.43 bits per heavy atom. The number of hydrogen-bond acceptors (Lipinski definition) is 4. The van der Waals surface area contributed by atoms with Crippen LogP contribution in [-0.4, -0.2) is 42.9 Å². The summed E-state index contributed by atoms with van der Waals surface area (Å²) in [6, 6.07) is 5.69. The number of ether oxygens (including phenoxy) is 3. The second-order valence-corrected chi connectivity index (χ2v) is 7.50. The highest BCUT2D eigenvalue weighted by Gasteiger charge is 2.28. The van der Waals surface area contributed by atoms with Gasteiger partial charge in [-0.25, -0.2) is 4.79 Å². The highest BCUT2D eigenvalue weighted by Crippen LogP contribution is 2.32. The summed E-state index contributed by atoms with van der Waals surface area (Å²) in [7, 11) is 1.63. The first-order chi connectivity index (χ1) is 10.8. The molecule has 0 spiro atoms. The number of likely N-dealkylation sites (tertiary alicyclic amines) is 1. The summed E-state index contributed by atoms with van der Waals surface area (Å²) in [4.78, 5) is 13.8. The van der Waals surface area contributed by atoms with Crippen molar-refractivity contribution >= 4 is 22.0 Å². The molecule has 0 aliphatic carbocycles. The average Bonchev–Trinajstić information content (AvgIpc) is 2.46. The number of amides is 1. The molecule has 1 saturated heterocycles. The minimum Gasteiger partial charge on any atom is -0.493 e. The van der Waals surface area contributed by atoms with E-state index in [1.165, 1.54) is 0 Å². The van der Waals surface area contributed by atoms with Crippen molar-refractivity contribution in [2.75, 3.05) is 20.2 Å². The van der Waals surface area contributed by atoms with Crippen LogP contribution in [0.2, 0.25) is 0 Å². The number of carbonyl (C=O) groups excluding carboxylic acids is 1. The van der Waals surface area contributed by atoms with Gasteiger partial charge in [-0.1, -0.05) is 15.9 Å². The Hall–Kier alpha value is -1.43. The molecule has 1 fully saturated rings. The smallest absolute Gasteiger partial charge is 0.410 e. The monoisotopic (exact) mass is 385 g/mol. The van der Waals surface area contributed by atoms with Gasteiger partial charge in [0.2, 0.25) is 0 Å². The standard InChI is InChI=1S/C17H24BrNO4/c1-17(2,3)23-16(20)19-9-7-13(8-10-19)22-15-11-12(18)5-6-14(15)21-4/h5-6,11,13H,7-10H2,1-4H3. The zero-order valence-electron chi connectivity index (χ0n) is 14.1. The molecule has 2 rings (SSSR count). The number of carbonyl (C=O) groups is 1. The van der Waals surface area contributed by atoms with Crippen molar-refractivity contribution < 1.29 is 19.0 Å². The summed E-state index contributed by atoms with van der Waals surface area (Å²) in [5, 5.41) is 0.